The Hall–Kier alpha value is -0.730. The third-order valence-corrected chi connectivity index (χ3v) is 3.37. The number of hydrogen-bond donors (Lipinski definition) is 1. The third-order valence-electron chi connectivity index (χ3n) is 3.07. The second-order valence-corrected chi connectivity index (χ2v) is 5.22. The van der Waals surface area contributed by atoms with Crippen molar-refractivity contribution in [2.24, 2.45) is 5.73 Å². The molecular weight excluding hydrogens is 246 g/mol. The van der Waals surface area contributed by atoms with Gasteiger partial charge in [0.15, 0.2) is 0 Å². The van der Waals surface area contributed by atoms with Crippen molar-refractivity contribution in [2.45, 2.75) is 58.6 Å². The summed E-state index contributed by atoms with van der Waals surface area (Å²) >= 11 is 6.23. The van der Waals surface area contributed by atoms with E-state index in [2.05, 4.69) is 26.8 Å². The first-order valence-electron chi connectivity index (χ1n) is 6.78. The smallest absolute Gasteiger partial charge is 0.141 e. The first-order chi connectivity index (χ1) is 8.58. The van der Waals surface area contributed by atoms with E-state index >= 15 is 0 Å². The Morgan fingerprint density at radius 2 is 2.06 bits per heavy atom. The highest BCUT2D eigenvalue weighted by Gasteiger charge is 2.13. The molecule has 0 spiro atoms. The standard InChI is InChI=1S/C15H24ClNO/c1-4-7-11(3)18-15-12(10-13(17)5-2)8-6-9-14(15)16/h6,8-9,11,13H,4-5,7,10,17H2,1-3H3. The third kappa shape index (κ3) is 4.51. The molecule has 2 N–H and O–H groups in total. The van der Waals surface area contributed by atoms with E-state index in [4.69, 9.17) is 22.1 Å². The van der Waals surface area contributed by atoms with Gasteiger partial charge >= 0.3 is 0 Å². The van der Waals surface area contributed by atoms with Crippen molar-refractivity contribution in [1.82, 2.24) is 0 Å². The lowest BCUT2D eigenvalue weighted by Gasteiger charge is -2.19. The lowest BCUT2D eigenvalue weighted by atomic mass is 10.0. The average Bonchev–Trinajstić information content (AvgIpc) is 2.33. The number of para-hydroxylation sites is 1. The molecule has 0 aromatic heterocycles. The number of nitrogens with two attached hydrogens (primary N) is 1. The van der Waals surface area contributed by atoms with Crippen LogP contribution in [0.25, 0.3) is 0 Å². The molecule has 102 valence electrons. The van der Waals surface area contributed by atoms with Gasteiger partial charge in [-0.05, 0) is 37.8 Å². The molecule has 2 nitrogen and oxygen atoms in total. The summed E-state index contributed by atoms with van der Waals surface area (Å²) in [6.07, 6.45) is 4.09. The molecule has 2 atom stereocenters. The predicted molar refractivity (Wildman–Crippen MR) is 78.4 cm³/mol. The van der Waals surface area contributed by atoms with E-state index in [1.807, 2.05) is 12.1 Å². The van der Waals surface area contributed by atoms with Gasteiger partial charge in [-0.2, -0.15) is 0 Å². The van der Waals surface area contributed by atoms with Crippen LogP contribution in [-0.2, 0) is 6.42 Å². The number of rotatable bonds is 7. The van der Waals surface area contributed by atoms with Gasteiger partial charge in [-0.3, -0.25) is 0 Å². The number of hydrogen-bond acceptors (Lipinski definition) is 2. The van der Waals surface area contributed by atoms with Gasteiger partial charge in [0.25, 0.3) is 0 Å². The molecule has 0 heterocycles. The molecule has 18 heavy (non-hydrogen) atoms. The molecule has 1 rings (SSSR count). The van der Waals surface area contributed by atoms with Gasteiger partial charge in [-0.1, -0.05) is 44.0 Å². The van der Waals surface area contributed by atoms with Crippen LogP contribution in [0.2, 0.25) is 5.02 Å². The minimum absolute atomic E-state index is 0.160. The van der Waals surface area contributed by atoms with E-state index < -0.39 is 0 Å². The summed E-state index contributed by atoms with van der Waals surface area (Å²) in [6.45, 7) is 6.33. The summed E-state index contributed by atoms with van der Waals surface area (Å²) in [5.74, 6) is 0.809. The monoisotopic (exact) mass is 269 g/mol. The zero-order valence-corrected chi connectivity index (χ0v) is 12.3. The van der Waals surface area contributed by atoms with Crippen molar-refractivity contribution < 1.29 is 4.74 Å². The van der Waals surface area contributed by atoms with Crippen LogP contribution >= 0.6 is 11.6 Å². The van der Waals surface area contributed by atoms with E-state index in [-0.39, 0.29) is 12.1 Å². The van der Waals surface area contributed by atoms with Crippen LogP contribution in [0.3, 0.4) is 0 Å². The highest BCUT2D eigenvalue weighted by atomic mass is 35.5. The van der Waals surface area contributed by atoms with Gasteiger partial charge in [0, 0.05) is 6.04 Å². The van der Waals surface area contributed by atoms with Gasteiger partial charge in [-0.15, -0.1) is 0 Å². The Balaban J connectivity index is 2.86. The number of ether oxygens (including phenoxy) is 1. The highest BCUT2D eigenvalue weighted by molar-refractivity contribution is 6.32. The van der Waals surface area contributed by atoms with Crippen LogP contribution < -0.4 is 10.5 Å². The topological polar surface area (TPSA) is 35.2 Å². The molecule has 0 aliphatic heterocycles. The van der Waals surface area contributed by atoms with Crippen LogP contribution in [0.4, 0.5) is 0 Å². The molecule has 0 fully saturated rings. The maximum Gasteiger partial charge on any atom is 0.141 e. The van der Waals surface area contributed by atoms with E-state index in [1.165, 1.54) is 0 Å². The highest BCUT2D eigenvalue weighted by Crippen LogP contribution is 2.31. The average molecular weight is 270 g/mol. The van der Waals surface area contributed by atoms with Gasteiger partial charge in [0.1, 0.15) is 5.75 Å². The summed E-state index contributed by atoms with van der Waals surface area (Å²) in [7, 11) is 0. The number of benzene rings is 1. The first-order valence-corrected chi connectivity index (χ1v) is 7.15. The van der Waals surface area contributed by atoms with Gasteiger partial charge < -0.3 is 10.5 Å². The van der Waals surface area contributed by atoms with Crippen molar-refractivity contribution in [3.05, 3.63) is 28.8 Å². The lowest BCUT2D eigenvalue weighted by Crippen LogP contribution is -2.22. The van der Waals surface area contributed by atoms with Crippen LogP contribution in [0.1, 0.15) is 45.6 Å². The molecule has 3 heteroatoms. The Morgan fingerprint density at radius 1 is 1.33 bits per heavy atom. The van der Waals surface area contributed by atoms with Crippen LogP contribution in [-0.4, -0.2) is 12.1 Å². The van der Waals surface area contributed by atoms with Gasteiger partial charge in [0.05, 0.1) is 11.1 Å². The molecular formula is C15H24ClNO. The van der Waals surface area contributed by atoms with Gasteiger partial charge in [0.2, 0.25) is 0 Å². The second-order valence-electron chi connectivity index (χ2n) is 4.82. The molecule has 0 radical (unpaired) electrons. The van der Waals surface area contributed by atoms with Crippen molar-refractivity contribution in [2.75, 3.05) is 0 Å². The van der Waals surface area contributed by atoms with Crippen molar-refractivity contribution in [3.63, 3.8) is 0 Å². The zero-order chi connectivity index (χ0) is 13.5. The normalized spacial score (nSPS) is 14.3. The maximum absolute atomic E-state index is 6.23. The minimum atomic E-state index is 0.160. The van der Waals surface area contributed by atoms with Crippen LogP contribution in [0.15, 0.2) is 18.2 Å². The summed E-state index contributed by atoms with van der Waals surface area (Å²) in [6, 6.07) is 6.04. The quantitative estimate of drug-likeness (QED) is 0.806. The Labute approximate surface area is 115 Å². The molecule has 0 aliphatic rings. The molecule has 0 saturated heterocycles. The molecule has 0 bridgehead atoms. The SMILES string of the molecule is CCCC(C)Oc1c(Cl)cccc1CC(N)CC. The Bertz CT molecular complexity index is 368. The first kappa shape index (κ1) is 15.3. The fourth-order valence-corrected chi connectivity index (χ4v) is 2.18. The second kappa shape index (κ2) is 7.65. The molecule has 0 aliphatic carbocycles. The van der Waals surface area contributed by atoms with E-state index in [9.17, 15) is 0 Å². The molecule has 1 aromatic carbocycles. The Morgan fingerprint density at radius 3 is 2.67 bits per heavy atom. The predicted octanol–water partition coefficient (Wildman–Crippen LogP) is 4.19. The molecule has 2 unspecified atom stereocenters. The lowest BCUT2D eigenvalue weighted by molar-refractivity contribution is 0.207. The summed E-state index contributed by atoms with van der Waals surface area (Å²) < 4.78 is 5.97. The Kier molecular flexibility index (Phi) is 6.51. The zero-order valence-electron chi connectivity index (χ0n) is 11.6. The fourth-order valence-electron chi connectivity index (χ4n) is 1.94. The van der Waals surface area contributed by atoms with Crippen molar-refractivity contribution in [1.29, 1.82) is 0 Å². The molecule has 1 aromatic rings. The van der Waals surface area contributed by atoms with Crippen LogP contribution in [0, 0.1) is 0 Å². The molecule has 0 saturated carbocycles. The van der Waals surface area contributed by atoms with Crippen molar-refractivity contribution in [3.8, 4) is 5.75 Å². The maximum atomic E-state index is 6.23. The largest absolute Gasteiger partial charge is 0.489 e. The molecule has 0 amide bonds. The van der Waals surface area contributed by atoms with Gasteiger partial charge in [-0.25, -0.2) is 0 Å². The minimum Gasteiger partial charge on any atom is -0.489 e. The van der Waals surface area contributed by atoms with Crippen molar-refractivity contribution >= 4 is 11.6 Å². The van der Waals surface area contributed by atoms with Crippen LogP contribution in [0.5, 0.6) is 5.75 Å². The summed E-state index contributed by atoms with van der Waals surface area (Å²) in [5, 5.41) is 0.679. The summed E-state index contributed by atoms with van der Waals surface area (Å²) in [5.41, 5.74) is 7.13. The van der Waals surface area contributed by atoms with E-state index in [1.54, 1.807) is 0 Å². The van der Waals surface area contributed by atoms with E-state index in [0.29, 0.717) is 5.02 Å². The van der Waals surface area contributed by atoms with E-state index in [0.717, 1.165) is 37.0 Å². The fraction of sp³-hybridized carbons (Fsp3) is 0.600. The number of halogens is 1. The summed E-state index contributed by atoms with van der Waals surface area (Å²) in [4.78, 5) is 0.